The van der Waals surface area contributed by atoms with E-state index in [0.717, 1.165) is 37.3 Å². The number of carbonyl (C=O) groups is 1. The van der Waals surface area contributed by atoms with E-state index >= 15 is 0 Å². The molecule has 1 saturated heterocycles. The summed E-state index contributed by atoms with van der Waals surface area (Å²) in [4.78, 5) is 14.7. The second kappa shape index (κ2) is 8.10. The van der Waals surface area contributed by atoms with Gasteiger partial charge in [-0.15, -0.1) is 0 Å². The Balaban J connectivity index is 1.70. The first-order chi connectivity index (χ1) is 10.1. The molecule has 0 aliphatic carbocycles. The van der Waals surface area contributed by atoms with Crippen LogP contribution >= 0.6 is 12.2 Å². The van der Waals surface area contributed by atoms with Crippen LogP contribution < -0.4 is 11.1 Å². The Morgan fingerprint density at radius 2 is 1.86 bits per heavy atom. The second-order valence-corrected chi connectivity index (χ2v) is 5.93. The largest absolute Gasteiger partial charge is 0.389 e. The highest BCUT2D eigenvalue weighted by Crippen LogP contribution is 2.07. The summed E-state index contributed by atoms with van der Waals surface area (Å²) in [6.45, 7) is 4.00. The van der Waals surface area contributed by atoms with E-state index < -0.39 is 0 Å². The van der Waals surface area contributed by atoms with Crippen molar-refractivity contribution in [1.82, 2.24) is 10.2 Å². The molecule has 0 aromatic heterocycles. The molecule has 1 fully saturated rings. The average molecular weight is 305 g/mol. The maximum Gasteiger partial charge on any atom is 0.224 e. The average Bonchev–Trinajstić information content (AvgIpc) is 2.49. The van der Waals surface area contributed by atoms with Crippen molar-refractivity contribution in [2.75, 3.05) is 26.2 Å². The van der Waals surface area contributed by atoms with Gasteiger partial charge in [-0.25, -0.2) is 0 Å². The van der Waals surface area contributed by atoms with E-state index in [1.807, 2.05) is 24.3 Å². The number of piperidine rings is 1. The van der Waals surface area contributed by atoms with E-state index in [9.17, 15) is 4.79 Å². The lowest BCUT2D eigenvalue weighted by Gasteiger charge is -2.26. The Morgan fingerprint density at radius 3 is 2.48 bits per heavy atom. The number of nitrogens with one attached hydrogen (secondary N) is 1. The van der Waals surface area contributed by atoms with Gasteiger partial charge in [0.15, 0.2) is 0 Å². The van der Waals surface area contributed by atoms with E-state index in [-0.39, 0.29) is 5.91 Å². The molecule has 21 heavy (non-hydrogen) atoms. The number of likely N-dealkylation sites (tertiary alicyclic amines) is 1. The summed E-state index contributed by atoms with van der Waals surface area (Å²) in [6.07, 6.45) is 4.30. The molecule has 1 aromatic rings. The summed E-state index contributed by atoms with van der Waals surface area (Å²) in [6, 6.07) is 7.52. The second-order valence-electron chi connectivity index (χ2n) is 5.49. The fourth-order valence-corrected chi connectivity index (χ4v) is 2.71. The number of nitrogens with zero attached hydrogens (tertiary/aromatic N) is 1. The minimum absolute atomic E-state index is 0.0649. The smallest absolute Gasteiger partial charge is 0.224 e. The molecule has 0 unspecified atom stereocenters. The fourth-order valence-electron chi connectivity index (χ4n) is 2.57. The highest BCUT2D eigenvalue weighted by molar-refractivity contribution is 7.80. The molecule has 1 heterocycles. The fraction of sp³-hybridized carbons (Fsp3) is 0.500. The third kappa shape index (κ3) is 5.44. The van der Waals surface area contributed by atoms with E-state index in [1.54, 1.807) is 0 Å². The highest BCUT2D eigenvalue weighted by atomic mass is 32.1. The number of hydrogen-bond donors (Lipinski definition) is 2. The van der Waals surface area contributed by atoms with Gasteiger partial charge in [-0.3, -0.25) is 4.79 Å². The molecule has 0 saturated carbocycles. The van der Waals surface area contributed by atoms with Crippen molar-refractivity contribution >= 4 is 23.1 Å². The number of rotatable bonds is 6. The lowest BCUT2D eigenvalue weighted by Crippen LogP contribution is -2.38. The van der Waals surface area contributed by atoms with Crippen molar-refractivity contribution in [2.24, 2.45) is 5.73 Å². The van der Waals surface area contributed by atoms with Crippen LogP contribution in [0.2, 0.25) is 0 Å². The van der Waals surface area contributed by atoms with E-state index in [2.05, 4.69) is 10.2 Å². The first-order valence-corrected chi connectivity index (χ1v) is 7.94. The third-order valence-corrected chi connectivity index (χ3v) is 4.04. The molecule has 2 rings (SSSR count). The first kappa shape index (κ1) is 15.9. The third-order valence-electron chi connectivity index (χ3n) is 3.80. The van der Waals surface area contributed by atoms with Gasteiger partial charge in [0.25, 0.3) is 0 Å². The molecule has 0 bridgehead atoms. The molecule has 0 atom stereocenters. The van der Waals surface area contributed by atoms with Gasteiger partial charge in [0.1, 0.15) is 4.99 Å². The Morgan fingerprint density at radius 1 is 1.19 bits per heavy atom. The van der Waals surface area contributed by atoms with Crippen molar-refractivity contribution in [3.05, 3.63) is 35.4 Å². The zero-order valence-corrected chi connectivity index (χ0v) is 13.1. The molecule has 3 N–H and O–H groups in total. The maximum atomic E-state index is 11.9. The zero-order valence-electron chi connectivity index (χ0n) is 12.3. The first-order valence-electron chi connectivity index (χ1n) is 7.53. The molecular weight excluding hydrogens is 282 g/mol. The van der Waals surface area contributed by atoms with Crippen LogP contribution in [0.4, 0.5) is 0 Å². The predicted octanol–water partition coefficient (Wildman–Crippen LogP) is 1.47. The van der Waals surface area contributed by atoms with Gasteiger partial charge in [0.2, 0.25) is 5.91 Å². The van der Waals surface area contributed by atoms with Gasteiger partial charge in [0.05, 0.1) is 6.42 Å². The Bertz CT molecular complexity index is 481. The normalized spacial score (nSPS) is 15.6. The summed E-state index contributed by atoms with van der Waals surface area (Å²) >= 11 is 4.91. The molecule has 5 heteroatoms. The SMILES string of the molecule is NC(=S)c1ccc(CC(=O)NCCN2CCCCC2)cc1. The Kier molecular flexibility index (Phi) is 6.14. The van der Waals surface area contributed by atoms with Crippen LogP contribution in [0.25, 0.3) is 0 Å². The van der Waals surface area contributed by atoms with Crippen molar-refractivity contribution < 1.29 is 4.79 Å². The molecule has 1 aliphatic heterocycles. The van der Waals surface area contributed by atoms with E-state index in [0.29, 0.717) is 11.4 Å². The topological polar surface area (TPSA) is 58.4 Å². The summed E-state index contributed by atoms with van der Waals surface area (Å²) in [7, 11) is 0. The van der Waals surface area contributed by atoms with Crippen LogP contribution in [0.5, 0.6) is 0 Å². The minimum atomic E-state index is 0.0649. The highest BCUT2D eigenvalue weighted by Gasteiger charge is 2.10. The number of nitrogens with two attached hydrogens (primary N) is 1. The van der Waals surface area contributed by atoms with Crippen LogP contribution in [0.3, 0.4) is 0 Å². The van der Waals surface area contributed by atoms with Gasteiger partial charge < -0.3 is 16.0 Å². The molecule has 1 aliphatic rings. The Labute approximate surface area is 131 Å². The predicted molar refractivity (Wildman–Crippen MR) is 89.3 cm³/mol. The minimum Gasteiger partial charge on any atom is -0.389 e. The molecule has 0 spiro atoms. The van der Waals surface area contributed by atoms with Crippen molar-refractivity contribution in [2.45, 2.75) is 25.7 Å². The Hall–Kier alpha value is -1.46. The van der Waals surface area contributed by atoms with Gasteiger partial charge in [0, 0.05) is 18.7 Å². The molecule has 1 amide bonds. The monoisotopic (exact) mass is 305 g/mol. The number of amides is 1. The summed E-state index contributed by atoms with van der Waals surface area (Å²) < 4.78 is 0. The lowest BCUT2D eigenvalue weighted by molar-refractivity contribution is -0.120. The van der Waals surface area contributed by atoms with Crippen LogP contribution in [0.1, 0.15) is 30.4 Å². The van der Waals surface area contributed by atoms with Gasteiger partial charge in [-0.05, 0) is 31.5 Å². The van der Waals surface area contributed by atoms with Gasteiger partial charge in [-0.1, -0.05) is 42.9 Å². The lowest BCUT2D eigenvalue weighted by atomic mass is 10.1. The standard InChI is InChI=1S/C16H23N3OS/c17-16(21)14-6-4-13(5-7-14)12-15(20)18-8-11-19-9-2-1-3-10-19/h4-7H,1-3,8-12H2,(H2,17,21)(H,18,20). The summed E-state index contributed by atoms with van der Waals surface area (Å²) in [5, 5.41) is 2.98. The zero-order chi connectivity index (χ0) is 15.1. The molecule has 4 nitrogen and oxygen atoms in total. The van der Waals surface area contributed by atoms with Crippen LogP contribution in [-0.2, 0) is 11.2 Å². The van der Waals surface area contributed by atoms with Crippen LogP contribution in [0.15, 0.2) is 24.3 Å². The molecule has 0 radical (unpaired) electrons. The van der Waals surface area contributed by atoms with Crippen molar-refractivity contribution in [3.8, 4) is 0 Å². The van der Waals surface area contributed by atoms with Crippen LogP contribution in [-0.4, -0.2) is 42.0 Å². The van der Waals surface area contributed by atoms with Gasteiger partial charge in [-0.2, -0.15) is 0 Å². The van der Waals surface area contributed by atoms with Crippen molar-refractivity contribution in [1.29, 1.82) is 0 Å². The number of thiocarbonyl (C=S) groups is 1. The quantitative estimate of drug-likeness (QED) is 0.781. The number of hydrogen-bond acceptors (Lipinski definition) is 3. The maximum absolute atomic E-state index is 11.9. The van der Waals surface area contributed by atoms with Crippen molar-refractivity contribution in [3.63, 3.8) is 0 Å². The summed E-state index contributed by atoms with van der Waals surface area (Å²) in [5.74, 6) is 0.0649. The molecule has 114 valence electrons. The number of carbonyl (C=O) groups excluding carboxylic acids is 1. The summed E-state index contributed by atoms with van der Waals surface area (Å²) in [5.41, 5.74) is 7.36. The molecular formula is C16H23N3OS. The number of benzene rings is 1. The molecule has 1 aromatic carbocycles. The van der Waals surface area contributed by atoms with Crippen LogP contribution in [0, 0.1) is 0 Å². The van der Waals surface area contributed by atoms with E-state index in [1.165, 1.54) is 19.3 Å². The van der Waals surface area contributed by atoms with E-state index in [4.69, 9.17) is 18.0 Å². The van der Waals surface area contributed by atoms with Gasteiger partial charge >= 0.3 is 0 Å².